The maximum absolute atomic E-state index is 12.6. The van der Waals surface area contributed by atoms with Crippen molar-refractivity contribution in [1.29, 1.82) is 0 Å². The molecule has 0 aromatic carbocycles. The van der Waals surface area contributed by atoms with Crippen molar-refractivity contribution in [2.45, 2.75) is 25.6 Å². The molecular formula is C10H11BrF3N3O2. The molecule has 1 fully saturated rings. The average Bonchev–Trinajstić information content (AvgIpc) is 2.86. The number of hydrogen-bond donors (Lipinski definition) is 1. The first kappa shape index (κ1) is 14.2. The Balaban J connectivity index is 2.22. The predicted molar refractivity (Wildman–Crippen MR) is 63.6 cm³/mol. The molecule has 0 bridgehead atoms. The first-order chi connectivity index (χ1) is 8.80. The Bertz CT molecular complexity index is 543. The number of aromatic nitrogens is 2. The molecule has 1 aromatic heterocycles. The molecule has 1 N–H and O–H groups in total. The van der Waals surface area contributed by atoms with Crippen molar-refractivity contribution in [3.05, 3.63) is 20.5 Å². The quantitative estimate of drug-likeness (QED) is 0.887. The fraction of sp³-hybridized carbons (Fsp3) is 0.600. The van der Waals surface area contributed by atoms with E-state index in [1.165, 1.54) is 0 Å². The number of H-pyrrole nitrogens is 1. The minimum atomic E-state index is -4.76. The summed E-state index contributed by atoms with van der Waals surface area (Å²) in [5, 5.41) is 2.02. The van der Waals surface area contributed by atoms with Crippen molar-refractivity contribution in [1.82, 2.24) is 14.7 Å². The molecule has 1 aliphatic rings. The van der Waals surface area contributed by atoms with Gasteiger partial charge < -0.3 is 4.90 Å². The van der Waals surface area contributed by atoms with E-state index in [0.717, 1.165) is 17.5 Å². The van der Waals surface area contributed by atoms with Gasteiger partial charge in [0, 0.05) is 13.1 Å². The molecule has 106 valence electrons. The third-order valence-corrected chi connectivity index (χ3v) is 3.77. The summed E-state index contributed by atoms with van der Waals surface area (Å²) >= 11 is 2.72. The van der Waals surface area contributed by atoms with Crippen LogP contribution in [0.4, 0.5) is 13.2 Å². The van der Waals surface area contributed by atoms with Crippen LogP contribution in [0.5, 0.6) is 0 Å². The maximum Gasteiger partial charge on any atom is 0.424 e. The van der Waals surface area contributed by atoms with Gasteiger partial charge in [-0.05, 0) is 28.8 Å². The van der Waals surface area contributed by atoms with Gasteiger partial charge in [0.1, 0.15) is 11.1 Å². The van der Waals surface area contributed by atoms with Crippen LogP contribution in [-0.2, 0) is 17.5 Å². The zero-order valence-corrected chi connectivity index (χ0v) is 11.3. The third-order valence-electron chi connectivity index (χ3n) is 2.94. The van der Waals surface area contributed by atoms with Crippen LogP contribution < -0.4 is 5.56 Å². The van der Waals surface area contributed by atoms with E-state index in [1.54, 1.807) is 4.90 Å². The number of carbonyl (C=O) groups excluding carboxylic acids is 1. The number of nitrogens with one attached hydrogen (secondary N) is 1. The Morgan fingerprint density at radius 1 is 1.32 bits per heavy atom. The summed E-state index contributed by atoms with van der Waals surface area (Å²) in [6.07, 6.45) is -2.97. The summed E-state index contributed by atoms with van der Waals surface area (Å²) in [7, 11) is 0. The lowest BCUT2D eigenvalue weighted by Gasteiger charge is -2.15. The normalized spacial score (nSPS) is 16.1. The Morgan fingerprint density at radius 2 is 1.89 bits per heavy atom. The van der Waals surface area contributed by atoms with Gasteiger partial charge in [0.15, 0.2) is 5.56 Å². The van der Waals surface area contributed by atoms with Gasteiger partial charge >= 0.3 is 6.18 Å². The molecule has 19 heavy (non-hydrogen) atoms. The maximum atomic E-state index is 12.6. The van der Waals surface area contributed by atoms with Crippen molar-refractivity contribution in [3.63, 3.8) is 0 Å². The van der Waals surface area contributed by atoms with E-state index < -0.39 is 21.9 Å². The molecule has 5 nitrogen and oxygen atoms in total. The highest BCUT2D eigenvalue weighted by Gasteiger charge is 2.39. The Labute approximate surface area is 114 Å². The molecule has 0 saturated carbocycles. The van der Waals surface area contributed by atoms with E-state index >= 15 is 0 Å². The molecule has 0 radical (unpaired) electrons. The molecular weight excluding hydrogens is 331 g/mol. The highest BCUT2D eigenvalue weighted by molar-refractivity contribution is 9.10. The van der Waals surface area contributed by atoms with Gasteiger partial charge in [0.2, 0.25) is 5.91 Å². The number of likely N-dealkylation sites (tertiary alicyclic amines) is 1. The van der Waals surface area contributed by atoms with Crippen LogP contribution in [0.25, 0.3) is 0 Å². The lowest BCUT2D eigenvalue weighted by Crippen LogP contribution is -2.31. The average molecular weight is 342 g/mol. The third kappa shape index (κ3) is 2.85. The second-order valence-corrected chi connectivity index (χ2v) is 5.03. The highest BCUT2D eigenvalue weighted by atomic mass is 79.9. The molecule has 9 heteroatoms. The summed E-state index contributed by atoms with van der Waals surface area (Å²) in [5.74, 6) is -0.307. The van der Waals surface area contributed by atoms with Gasteiger partial charge in [-0.25, -0.2) is 0 Å². The first-order valence-corrected chi connectivity index (χ1v) is 6.43. The highest BCUT2D eigenvalue weighted by Crippen LogP contribution is 2.32. The summed E-state index contributed by atoms with van der Waals surface area (Å²) in [5.41, 5.74) is -2.57. The van der Waals surface area contributed by atoms with Crippen molar-refractivity contribution in [2.75, 3.05) is 13.1 Å². The van der Waals surface area contributed by atoms with Crippen LogP contribution in [0.15, 0.2) is 9.40 Å². The molecule has 0 atom stereocenters. The number of aromatic amines is 1. The van der Waals surface area contributed by atoms with Crippen LogP contribution in [0, 0.1) is 0 Å². The van der Waals surface area contributed by atoms with Crippen LogP contribution in [-0.4, -0.2) is 33.7 Å². The van der Waals surface area contributed by atoms with Crippen molar-refractivity contribution >= 4 is 21.8 Å². The fourth-order valence-electron chi connectivity index (χ4n) is 2.01. The second-order valence-electron chi connectivity index (χ2n) is 4.28. The predicted octanol–water partition coefficient (Wildman–Crippen LogP) is 1.58. The monoisotopic (exact) mass is 341 g/mol. The van der Waals surface area contributed by atoms with Gasteiger partial charge in [-0.15, -0.1) is 0 Å². The zero-order valence-electron chi connectivity index (χ0n) is 9.76. The van der Waals surface area contributed by atoms with E-state index in [1.807, 2.05) is 5.10 Å². The molecule has 1 amide bonds. The summed E-state index contributed by atoms with van der Waals surface area (Å²) in [6, 6.07) is 0. The summed E-state index contributed by atoms with van der Waals surface area (Å²) in [4.78, 5) is 24.6. The van der Waals surface area contributed by atoms with Crippen molar-refractivity contribution in [3.8, 4) is 0 Å². The second kappa shape index (κ2) is 5.03. The molecule has 1 aliphatic heterocycles. The number of alkyl halides is 3. The smallest absolute Gasteiger partial charge is 0.341 e. The lowest BCUT2D eigenvalue weighted by atomic mass is 10.3. The van der Waals surface area contributed by atoms with E-state index in [-0.39, 0.29) is 12.5 Å². The number of rotatable bonds is 2. The molecule has 1 aromatic rings. The zero-order chi connectivity index (χ0) is 14.2. The van der Waals surface area contributed by atoms with Crippen LogP contribution in [0.1, 0.15) is 18.4 Å². The minimum Gasteiger partial charge on any atom is -0.341 e. The number of hydrogen-bond acceptors (Lipinski definition) is 2. The van der Waals surface area contributed by atoms with Gasteiger partial charge in [0.25, 0.3) is 5.56 Å². The van der Waals surface area contributed by atoms with Crippen molar-refractivity contribution in [2.24, 2.45) is 0 Å². The Morgan fingerprint density at radius 3 is 2.37 bits per heavy atom. The Hall–Kier alpha value is -1.25. The van der Waals surface area contributed by atoms with Gasteiger partial charge in [-0.1, -0.05) is 0 Å². The molecule has 0 aliphatic carbocycles. The molecule has 0 unspecified atom stereocenters. The minimum absolute atomic E-state index is 0.307. The SMILES string of the molecule is O=C(Cn1[nH]c(=O)c(C(F)(F)F)c1Br)N1CCCC1. The van der Waals surface area contributed by atoms with E-state index in [2.05, 4.69) is 15.9 Å². The number of amides is 1. The molecule has 0 spiro atoms. The van der Waals surface area contributed by atoms with E-state index in [9.17, 15) is 22.8 Å². The number of carbonyl (C=O) groups is 1. The van der Waals surface area contributed by atoms with Crippen LogP contribution >= 0.6 is 15.9 Å². The molecule has 1 saturated heterocycles. The van der Waals surface area contributed by atoms with Gasteiger partial charge in [0.05, 0.1) is 0 Å². The topological polar surface area (TPSA) is 58.1 Å². The van der Waals surface area contributed by atoms with E-state index in [4.69, 9.17) is 0 Å². The van der Waals surface area contributed by atoms with E-state index in [0.29, 0.717) is 13.1 Å². The first-order valence-electron chi connectivity index (χ1n) is 5.64. The van der Waals surface area contributed by atoms with Gasteiger partial charge in [-0.2, -0.15) is 13.2 Å². The van der Waals surface area contributed by atoms with Gasteiger partial charge in [-0.3, -0.25) is 19.4 Å². The lowest BCUT2D eigenvalue weighted by molar-refractivity contribution is -0.139. The number of nitrogens with zero attached hydrogens (tertiary/aromatic N) is 2. The summed E-state index contributed by atoms with van der Waals surface area (Å²) < 4.78 is 38.2. The largest absolute Gasteiger partial charge is 0.424 e. The standard InChI is InChI=1S/C10H11BrF3N3O2/c11-8-7(10(12,13)14)9(19)15-17(8)5-6(18)16-3-1-2-4-16/h1-5H2,(H,15,19). The fourth-order valence-corrected chi connectivity index (χ4v) is 2.63. The van der Waals surface area contributed by atoms with Crippen molar-refractivity contribution < 1.29 is 18.0 Å². The molecule has 2 heterocycles. The number of halogens is 4. The molecule has 2 rings (SSSR count). The Kier molecular flexibility index (Phi) is 3.75. The van der Waals surface area contributed by atoms with Crippen LogP contribution in [0.3, 0.4) is 0 Å². The summed E-state index contributed by atoms with van der Waals surface area (Å²) in [6.45, 7) is 0.897. The van der Waals surface area contributed by atoms with Crippen LogP contribution in [0.2, 0.25) is 0 Å².